The number of aliphatic hydroxyl groups is 1. The first-order chi connectivity index (χ1) is 39.5. The molecule has 0 fully saturated rings. The summed E-state index contributed by atoms with van der Waals surface area (Å²) in [5.41, 5.74) is 22.4. The van der Waals surface area contributed by atoms with Crippen LogP contribution in [0.3, 0.4) is 0 Å². The van der Waals surface area contributed by atoms with E-state index in [-0.39, 0.29) is 63.3 Å². The van der Waals surface area contributed by atoms with Crippen LogP contribution >= 0.6 is 11.8 Å². The zero-order valence-electron chi connectivity index (χ0n) is 47.3. The fraction of sp³-hybridized carbons (Fsp3) is 0.608. The quantitative estimate of drug-likeness (QED) is 0.0165. The average Bonchev–Trinajstić information content (AvgIpc) is 3.59. The Morgan fingerprint density at radius 3 is 1.48 bits per heavy atom. The highest BCUT2D eigenvalue weighted by atomic mass is 32.2. The molecule has 0 aliphatic heterocycles. The molecule has 0 bridgehead atoms. The Labute approximate surface area is 488 Å². The Balaban J connectivity index is 3.44. The molecular weight excluding hydrogens is 1130 g/mol. The van der Waals surface area contributed by atoms with E-state index in [1.54, 1.807) is 36.6 Å². The SMILES string of the molecule is CSCCC(NC(=O)C(CCCCN)NC(=O)C(NC(=O)C(CCC(=O)O)NC(=O)C(N)CO)C(C)C)C(=O)NC(CC(=O)O)C(=O)NC(C)C(=O)NC(CCC(=O)O)C(=O)NC(Cc1ccccc1)C(=O)NC(CCCN=C(N)N)C(=O)O. The monoisotopic (exact) mass is 1210 g/mol. The van der Waals surface area contributed by atoms with E-state index in [1.165, 1.54) is 25.6 Å². The van der Waals surface area contributed by atoms with Crippen LogP contribution in [-0.2, 0) is 68.7 Å². The van der Waals surface area contributed by atoms with Gasteiger partial charge in [-0.05, 0) is 88.3 Å². The van der Waals surface area contributed by atoms with Crippen LogP contribution in [0.2, 0.25) is 0 Å². The van der Waals surface area contributed by atoms with E-state index in [4.69, 9.17) is 22.9 Å². The van der Waals surface area contributed by atoms with Crippen LogP contribution in [0, 0.1) is 5.92 Å². The third-order valence-corrected chi connectivity index (χ3v) is 13.0. The van der Waals surface area contributed by atoms with Crippen LogP contribution in [0.4, 0.5) is 0 Å². The van der Waals surface area contributed by atoms with Crippen molar-refractivity contribution in [3.05, 3.63) is 35.9 Å². The zero-order chi connectivity index (χ0) is 63.6. The molecule has 32 nitrogen and oxygen atoms in total. The Morgan fingerprint density at radius 1 is 0.524 bits per heavy atom. The third-order valence-electron chi connectivity index (χ3n) is 12.4. The van der Waals surface area contributed by atoms with Gasteiger partial charge in [-0.3, -0.25) is 62.5 Å². The number of guanidine groups is 1. The third kappa shape index (κ3) is 29.2. The Morgan fingerprint density at radius 2 is 0.976 bits per heavy atom. The lowest BCUT2D eigenvalue weighted by Crippen LogP contribution is -2.61. The molecule has 0 saturated carbocycles. The first-order valence-corrected chi connectivity index (χ1v) is 28.2. The van der Waals surface area contributed by atoms with Crippen LogP contribution in [-0.4, -0.2) is 201 Å². The number of benzene rings is 1. The topological polar surface area (TPSA) is 548 Å². The lowest BCUT2D eigenvalue weighted by Gasteiger charge is -2.28. The van der Waals surface area contributed by atoms with Gasteiger partial charge in [0, 0.05) is 25.8 Å². The van der Waals surface area contributed by atoms with Crippen LogP contribution < -0.4 is 70.8 Å². The molecule has 22 N–H and O–H groups in total. The van der Waals surface area contributed by atoms with Crippen molar-refractivity contribution in [3.8, 4) is 0 Å². The molecule has 33 heteroatoms. The van der Waals surface area contributed by atoms with Crippen LogP contribution in [0.5, 0.6) is 0 Å². The molecule has 1 aromatic carbocycles. The Bertz CT molecular complexity index is 2440. The molecule has 1 rings (SSSR count). The molecule has 0 saturated heterocycles. The van der Waals surface area contributed by atoms with Crippen LogP contribution in [0.15, 0.2) is 35.3 Å². The largest absolute Gasteiger partial charge is 0.481 e. The summed E-state index contributed by atoms with van der Waals surface area (Å²) in [6.45, 7) is 3.61. The van der Waals surface area contributed by atoms with E-state index in [0.29, 0.717) is 12.0 Å². The van der Waals surface area contributed by atoms with Gasteiger partial charge in [0.1, 0.15) is 60.4 Å². The van der Waals surface area contributed by atoms with E-state index in [9.17, 15) is 87.9 Å². The second kappa shape index (κ2) is 39.3. The van der Waals surface area contributed by atoms with E-state index in [1.807, 2.05) is 0 Å². The number of aliphatic imine (C=N–C) groups is 1. The number of aliphatic hydroxyl groups excluding tert-OH is 1. The van der Waals surface area contributed by atoms with Gasteiger partial charge in [-0.1, -0.05) is 44.2 Å². The van der Waals surface area contributed by atoms with Gasteiger partial charge in [0.05, 0.1) is 13.0 Å². The number of rotatable bonds is 42. The van der Waals surface area contributed by atoms with Gasteiger partial charge in [-0.25, -0.2) is 4.79 Å². The number of carboxylic acid groups (broad SMARTS) is 4. The van der Waals surface area contributed by atoms with Crippen LogP contribution in [0.25, 0.3) is 0 Å². The van der Waals surface area contributed by atoms with Crippen molar-refractivity contribution in [2.24, 2.45) is 33.8 Å². The number of nitrogens with zero attached hydrogens (tertiary/aromatic N) is 1. The van der Waals surface area contributed by atoms with Crippen molar-refractivity contribution in [2.45, 2.75) is 158 Å². The lowest BCUT2D eigenvalue weighted by molar-refractivity contribution is -0.143. The highest BCUT2D eigenvalue weighted by Crippen LogP contribution is 2.12. The standard InChI is InChI=1S/C51H82N14O18S/c1-26(2)40(65-46(78)32(16-18-38(69)70)59-42(74)29(53)25-66)49(81)61-30(13-8-9-20-52)43(75)60-33(19-22-84-4)45(77)64-36(24-39(71)72)47(79)57-27(3)41(73)58-31(15-17-37(67)68)44(76)63-35(23-28-11-6-5-7-12-28)48(80)62-34(50(82)83)14-10-21-56-51(54)55/h5-7,11-12,26-27,29-36,40,66H,8-10,13-25,52-53H2,1-4H3,(H,57,79)(H,58,73)(H,59,74)(H,60,75)(H,61,81)(H,62,80)(H,63,76)(H,64,77)(H,65,78)(H,67,68)(H,69,70)(H,71,72)(H,82,83)(H4,54,55,56). The van der Waals surface area contributed by atoms with Gasteiger partial charge < -0.3 is 96.3 Å². The predicted octanol–water partition coefficient (Wildman–Crippen LogP) is -5.19. The van der Waals surface area contributed by atoms with Gasteiger partial charge in [0.25, 0.3) is 0 Å². The summed E-state index contributed by atoms with van der Waals surface area (Å²) in [6, 6.07) is -7.35. The Hall–Kier alpha value is -8.17. The van der Waals surface area contributed by atoms with Gasteiger partial charge in [-0.15, -0.1) is 0 Å². The molecule has 0 spiro atoms. The van der Waals surface area contributed by atoms with Crippen molar-refractivity contribution in [1.29, 1.82) is 0 Å². The minimum absolute atomic E-state index is 0.0397. The summed E-state index contributed by atoms with van der Waals surface area (Å²) in [5.74, 6) is -15.7. The number of nitrogens with one attached hydrogen (secondary N) is 9. The van der Waals surface area contributed by atoms with Gasteiger partial charge >= 0.3 is 23.9 Å². The fourth-order valence-electron chi connectivity index (χ4n) is 7.72. The number of hydrogen-bond donors (Lipinski definition) is 18. The molecule has 470 valence electrons. The van der Waals surface area contributed by atoms with Crippen molar-refractivity contribution >= 4 is 94.8 Å². The number of nitrogens with two attached hydrogens (primary N) is 4. The number of aliphatic carboxylic acids is 4. The minimum Gasteiger partial charge on any atom is -0.481 e. The summed E-state index contributed by atoms with van der Waals surface area (Å²) in [7, 11) is 0. The van der Waals surface area contributed by atoms with Crippen LogP contribution in [0.1, 0.15) is 97.0 Å². The maximum absolute atomic E-state index is 14.1. The van der Waals surface area contributed by atoms with Crippen molar-refractivity contribution < 1.29 is 87.9 Å². The molecule has 10 atom stereocenters. The number of carboxylic acids is 4. The predicted molar refractivity (Wildman–Crippen MR) is 303 cm³/mol. The van der Waals surface area contributed by atoms with E-state index < -0.39 is 182 Å². The minimum atomic E-state index is -1.93. The van der Waals surface area contributed by atoms with Crippen molar-refractivity contribution in [2.75, 3.05) is 31.7 Å². The number of thioether (sulfide) groups is 1. The van der Waals surface area contributed by atoms with Gasteiger partial charge in [0.15, 0.2) is 5.96 Å². The molecule has 9 amide bonds. The summed E-state index contributed by atoms with van der Waals surface area (Å²) in [4.78, 5) is 174. The number of hydrogen-bond acceptors (Lipinski definition) is 18. The molecule has 1 aromatic rings. The summed E-state index contributed by atoms with van der Waals surface area (Å²) >= 11 is 1.24. The number of carbonyl (C=O) groups is 13. The van der Waals surface area contributed by atoms with E-state index in [0.717, 1.165) is 6.92 Å². The highest BCUT2D eigenvalue weighted by Gasteiger charge is 2.36. The Kier molecular flexibility index (Phi) is 34.6. The molecular formula is C51H82N14O18S. The summed E-state index contributed by atoms with van der Waals surface area (Å²) in [5, 5.41) is 69.2. The van der Waals surface area contributed by atoms with Crippen molar-refractivity contribution in [1.82, 2.24) is 47.9 Å². The molecule has 0 aliphatic carbocycles. The second-order valence-electron chi connectivity index (χ2n) is 19.7. The summed E-state index contributed by atoms with van der Waals surface area (Å²) < 4.78 is 0. The fourth-order valence-corrected chi connectivity index (χ4v) is 8.19. The average molecular weight is 1210 g/mol. The highest BCUT2D eigenvalue weighted by molar-refractivity contribution is 7.98. The first-order valence-electron chi connectivity index (χ1n) is 26.8. The molecule has 0 heterocycles. The molecule has 0 radical (unpaired) electrons. The van der Waals surface area contributed by atoms with E-state index >= 15 is 0 Å². The number of carbonyl (C=O) groups excluding carboxylic acids is 9. The lowest BCUT2D eigenvalue weighted by atomic mass is 10.0. The number of amides is 9. The van der Waals surface area contributed by atoms with E-state index in [2.05, 4.69) is 52.8 Å². The normalized spacial score (nSPS) is 14.5. The first kappa shape index (κ1) is 73.8. The smallest absolute Gasteiger partial charge is 0.326 e. The number of unbranched alkanes of at least 4 members (excludes halogenated alkanes) is 1. The summed E-state index contributed by atoms with van der Waals surface area (Å²) in [6.07, 6.45) is -1.45. The molecule has 84 heavy (non-hydrogen) atoms. The zero-order valence-corrected chi connectivity index (χ0v) is 48.1. The van der Waals surface area contributed by atoms with Gasteiger partial charge in [-0.2, -0.15) is 11.8 Å². The van der Waals surface area contributed by atoms with Gasteiger partial charge in [0.2, 0.25) is 53.2 Å². The second-order valence-corrected chi connectivity index (χ2v) is 20.7. The molecule has 0 aliphatic rings. The maximum atomic E-state index is 14.1. The van der Waals surface area contributed by atoms with Crippen molar-refractivity contribution in [3.63, 3.8) is 0 Å². The molecule has 10 unspecified atom stereocenters. The maximum Gasteiger partial charge on any atom is 0.326 e. The molecule has 0 aromatic heterocycles.